The van der Waals surface area contributed by atoms with Crippen LogP contribution in [-0.2, 0) is 14.4 Å². The van der Waals surface area contributed by atoms with Crippen molar-refractivity contribution in [3.05, 3.63) is 66.5 Å². The molecule has 3 aliphatic rings. The van der Waals surface area contributed by atoms with E-state index in [1.807, 2.05) is 24.3 Å². The van der Waals surface area contributed by atoms with Gasteiger partial charge in [0.25, 0.3) is 0 Å². The number of rotatable bonds is 4. The van der Waals surface area contributed by atoms with E-state index in [1.165, 1.54) is 12.1 Å². The number of likely N-dealkylation sites (tertiary alicyclic amines) is 1. The van der Waals surface area contributed by atoms with E-state index in [0.717, 1.165) is 22.4 Å². The van der Waals surface area contributed by atoms with Crippen LogP contribution in [0.3, 0.4) is 0 Å². The van der Waals surface area contributed by atoms with E-state index in [1.54, 1.807) is 31.2 Å². The molecule has 5 atom stereocenters. The second-order valence-electron chi connectivity index (χ2n) is 8.30. The van der Waals surface area contributed by atoms with Gasteiger partial charge in [0, 0.05) is 5.69 Å². The number of hydrogen-bond donors (Lipinski definition) is 1. The molecule has 2 aromatic rings. The summed E-state index contributed by atoms with van der Waals surface area (Å²) in [5.41, 5.74) is 2.33. The lowest BCUT2D eigenvalue weighted by atomic mass is 9.85. The molecule has 1 aliphatic heterocycles. The van der Waals surface area contributed by atoms with Gasteiger partial charge < -0.3 is 5.32 Å². The van der Waals surface area contributed by atoms with Gasteiger partial charge in [0.1, 0.15) is 11.9 Å². The highest BCUT2D eigenvalue weighted by molar-refractivity contribution is 6.10. The van der Waals surface area contributed by atoms with Crippen LogP contribution in [0.5, 0.6) is 0 Å². The molecule has 1 saturated heterocycles. The first kappa shape index (κ1) is 18.7. The number of allylic oxidation sites excluding steroid dienone is 2. The summed E-state index contributed by atoms with van der Waals surface area (Å²) in [7, 11) is 0. The highest BCUT2D eigenvalue weighted by atomic mass is 19.1. The summed E-state index contributed by atoms with van der Waals surface area (Å²) in [5.74, 6) is -1.52. The third kappa shape index (κ3) is 2.86. The molecule has 1 saturated carbocycles. The van der Waals surface area contributed by atoms with Crippen molar-refractivity contribution in [2.24, 2.45) is 23.7 Å². The maximum absolute atomic E-state index is 13.1. The Morgan fingerprint density at radius 1 is 0.933 bits per heavy atom. The van der Waals surface area contributed by atoms with Gasteiger partial charge in [0.05, 0.1) is 11.8 Å². The van der Waals surface area contributed by atoms with Crippen LogP contribution in [0.2, 0.25) is 0 Å². The molecule has 1 N–H and O–H groups in total. The number of nitrogens with one attached hydrogen (secondary N) is 1. The molecule has 5 rings (SSSR count). The molecular formula is C24H21FN2O3. The number of imide groups is 1. The Kier molecular flexibility index (Phi) is 4.31. The summed E-state index contributed by atoms with van der Waals surface area (Å²) >= 11 is 0. The number of carbonyl (C=O) groups is 3. The van der Waals surface area contributed by atoms with E-state index >= 15 is 0 Å². The standard InChI is InChI=1S/C24H21FN2O3/c1-13(27-23(29)20-16-2-3-17(12-16)21(20)24(27)30)22(28)26-19-10-6-15(7-11-19)14-4-8-18(25)9-5-14/h2-11,13,16-17,20-21H,12H2,1H3,(H,26,28)/t13-,16+,17+,20-,21-/m1/s1. The largest absolute Gasteiger partial charge is 0.324 e. The zero-order valence-corrected chi connectivity index (χ0v) is 16.4. The van der Waals surface area contributed by atoms with E-state index in [-0.39, 0.29) is 41.3 Å². The Hall–Kier alpha value is -3.28. The number of fused-ring (bicyclic) bond motifs is 5. The second-order valence-corrected chi connectivity index (χ2v) is 8.30. The van der Waals surface area contributed by atoms with Crippen molar-refractivity contribution in [3.8, 4) is 11.1 Å². The van der Waals surface area contributed by atoms with Gasteiger partial charge in [-0.3, -0.25) is 19.3 Å². The van der Waals surface area contributed by atoms with Crippen LogP contribution < -0.4 is 5.32 Å². The van der Waals surface area contributed by atoms with Crippen molar-refractivity contribution in [1.82, 2.24) is 4.90 Å². The van der Waals surface area contributed by atoms with Gasteiger partial charge in [-0.1, -0.05) is 36.4 Å². The molecule has 3 amide bonds. The number of carbonyl (C=O) groups excluding carboxylic acids is 3. The van der Waals surface area contributed by atoms with Crippen LogP contribution in [-0.4, -0.2) is 28.7 Å². The highest BCUT2D eigenvalue weighted by Crippen LogP contribution is 2.52. The first-order valence-electron chi connectivity index (χ1n) is 10.2. The molecule has 0 spiro atoms. The van der Waals surface area contributed by atoms with E-state index in [0.29, 0.717) is 5.69 Å². The molecule has 2 aromatic carbocycles. The van der Waals surface area contributed by atoms with Gasteiger partial charge in [0.2, 0.25) is 17.7 Å². The summed E-state index contributed by atoms with van der Waals surface area (Å²) in [6, 6.07) is 12.4. The fourth-order valence-electron chi connectivity index (χ4n) is 5.06. The molecule has 1 heterocycles. The number of halogens is 1. The Labute approximate surface area is 173 Å². The highest BCUT2D eigenvalue weighted by Gasteiger charge is 2.60. The Balaban J connectivity index is 1.28. The maximum atomic E-state index is 13.1. The molecule has 2 fully saturated rings. The lowest BCUT2D eigenvalue weighted by Gasteiger charge is -2.23. The monoisotopic (exact) mass is 404 g/mol. The predicted octanol–water partition coefficient (Wildman–Crippen LogP) is 3.63. The molecule has 152 valence electrons. The average molecular weight is 404 g/mol. The van der Waals surface area contributed by atoms with E-state index in [9.17, 15) is 18.8 Å². The van der Waals surface area contributed by atoms with Crippen molar-refractivity contribution in [1.29, 1.82) is 0 Å². The van der Waals surface area contributed by atoms with E-state index < -0.39 is 11.9 Å². The molecule has 2 bridgehead atoms. The number of benzene rings is 2. The first-order valence-corrected chi connectivity index (χ1v) is 10.2. The summed E-state index contributed by atoms with van der Waals surface area (Å²) in [6.45, 7) is 1.59. The molecule has 2 aliphatic carbocycles. The minimum absolute atomic E-state index is 0.121. The van der Waals surface area contributed by atoms with Crippen LogP contribution >= 0.6 is 0 Å². The number of hydrogen-bond acceptors (Lipinski definition) is 3. The second kappa shape index (κ2) is 6.90. The lowest BCUT2D eigenvalue weighted by Crippen LogP contribution is -2.46. The number of anilines is 1. The molecule has 5 nitrogen and oxygen atoms in total. The maximum Gasteiger partial charge on any atom is 0.247 e. The van der Waals surface area contributed by atoms with Crippen molar-refractivity contribution in [3.63, 3.8) is 0 Å². The quantitative estimate of drug-likeness (QED) is 0.625. The van der Waals surface area contributed by atoms with Crippen molar-refractivity contribution in [2.45, 2.75) is 19.4 Å². The predicted molar refractivity (Wildman–Crippen MR) is 109 cm³/mol. The fraction of sp³-hybridized carbons (Fsp3) is 0.292. The average Bonchev–Trinajstić information content (AvgIpc) is 3.42. The number of amides is 3. The molecule has 0 unspecified atom stereocenters. The molecule has 0 aromatic heterocycles. The number of nitrogens with zero attached hydrogens (tertiary/aromatic N) is 1. The zero-order valence-electron chi connectivity index (χ0n) is 16.4. The summed E-state index contributed by atoms with van der Waals surface area (Å²) in [4.78, 5) is 39.7. The van der Waals surface area contributed by atoms with Gasteiger partial charge >= 0.3 is 0 Å². The molecular weight excluding hydrogens is 383 g/mol. The Morgan fingerprint density at radius 3 is 1.97 bits per heavy atom. The fourth-order valence-corrected chi connectivity index (χ4v) is 5.06. The van der Waals surface area contributed by atoms with Crippen LogP contribution in [0.25, 0.3) is 11.1 Å². The third-order valence-corrected chi connectivity index (χ3v) is 6.60. The summed E-state index contributed by atoms with van der Waals surface area (Å²) in [5, 5.41) is 2.79. The van der Waals surface area contributed by atoms with Crippen LogP contribution in [0.1, 0.15) is 13.3 Å². The van der Waals surface area contributed by atoms with Crippen molar-refractivity contribution in [2.75, 3.05) is 5.32 Å². The zero-order chi connectivity index (χ0) is 21.0. The van der Waals surface area contributed by atoms with Crippen LogP contribution in [0, 0.1) is 29.5 Å². The third-order valence-electron chi connectivity index (χ3n) is 6.60. The molecule has 0 radical (unpaired) electrons. The summed E-state index contributed by atoms with van der Waals surface area (Å²) in [6.07, 6.45) is 4.93. The van der Waals surface area contributed by atoms with Gasteiger partial charge in [-0.05, 0) is 60.6 Å². The lowest BCUT2D eigenvalue weighted by molar-refractivity contribution is -0.146. The summed E-state index contributed by atoms with van der Waals surface area (Å²) < 4.78 is 13.1. The first-order chi connectivity index (χ1) is 14.4. The topological polar surface area (TPSA) is 66.5 Å². The van der Waals surface area contributed by atoms with E-state index in [4.69, 9.17) is 0 Å². The van der Waals surface area contributed by atoms with Gasteiger partial charge in [0.15, 0.2) is 0 Å². The SMILES string of the molecule is C[C@H](C(=O)Nc1ccc(-c2ccc(F)cc2)cc1)N1C(=O)[C@H]2[C@H](C1=O)[C@H]1C=C[C@H]2C1. The van der Waals surface area contributed by atoms with Crippen LogP contribution in [0.4, 0.5) is 10.1 Å². The smallest absolute Gasteiger partial charge is 0.247 e. The molecule has 6 heteroatoms. The normalized spacial score (nSPS) is 27.5. The minimum Gasteiger partial charge on any atom is -0.324 e. The van der Waals surface area contributed by atoms with Gasteiger partial charge in [-0.15, -0.1) is 0 Å². The van der Waals surface area contributed by atoms with Gasteiger partial charge in [-0.25, -0.2) is 4.39 Å². The Morgan fingerprint density at radius 2 is 1.43 bits per heavy atom. The Bertz CT molecular complexity index is 1030. The van der Waals surface area contributed by atoms with Crippen molar-refractivity contribution < 1.29 is 18.8 Å². The van der Waals surface area contributed by atoms with Gasteiger partial charge in [-0.2, -0.15) is 0 Å². The van der Waals surface area contributed by atoms with Crippen LogP contribution in [0.15, 0.2) is 60.7 Å². The minimum atomic E-state index is -0.869. The van der Waals surface area contributed by atoms with Crippen molar-refractivity contribution >= 4 is 23.4 Å². The molecule has 30 heavy (non-hydrogen) atoms. The van der Waals surface area contributed by atoms with E-state index in [2.05, 4.69) is 5.32 Å².